The van der Waals surface area contributed by atoms with E-state index in [1.807, 2.05) is 18.5 Å². The molecular weight excluding hydrogens is 266 g/mol. The smallest absolute Gasteiger partial charge is 0.161 e. The molecule has 114 valence electrons. The van der Waals surface area contributed by atoms with Gasteiger partial charge in [-0.25, -0.2) is 0 Å². The summed E-state index contributed by atoms with van der Waals surface area (Å²) in [6.45, 7) is 3.96. The maximum Gasteiger partial charge on any atom is 0.161 e. The van der Waals surface area contributed by atoms with Gasteiger partial charge in [-0.2, -0.15) is 5.10 Å². The third kappa shape index (κ3) is 3.98. The zero-order valence-corrected chi connectivity index (χ0v) is 13.1. The van der Waals surface area contributed by atoms with Gasteiger partial charge in [0.05, 0.1) is 20.4 Å². The van der Waals surface area contributed by atoms with E-state index < -0.39 is 0 Å². The number of nitrogens with zero attached hydrogens (tertiary/aromatic N) is 2. The Balaban J connectivity index is 2.01. The normalized spacial score (nSPS) is 10.9. The maximum atomic E-state index is 5.38. The van der Waals surface area contributed by atoms with E-state index in [-0.39, 0.29) is 0 Å². The number of aryl methyl sites for hydroxylation is 1. The fourth-order valence-corrected chi connectivity index (χ4v) is 2.30. The maximum absolute atomic E-state index is 5.38. The van der Waals surface area contributed by atoms with Crippen molar-refractivity contribution >= 4 is 0 Å². The van der Waals surface area contributed by atoms with Crippen LogP contribution in [0.2, 0.25) is 0 Å². The first-order valence-corrected chi connectivity index (χ1v) is 7.01. The number of H-pyrrole nitrogens is 1. The minimum atomic E-state index is 0.778. The molecule has 0 saturated carbocycles. The molecule has 1 heterocycles. The highest BCUT2D eigenvalue weighted by atomic mass is 16.5. The molecule has 2 aromatic rings. The number of ether oxygens (including phenoxy) is 2. The summed E-state index contributed by atoms with van der Waals surface area (Å²) in [7, 11) is 5.45. The highest BCUT2D eigenvalue weighted by Crippen LogP contribution is 2.30. The van der Waals surface area contributed by atoms with E-state index in [0.29, 0.717) is 0 Å². The summed E-state index contributed by atoms with van der Waals surface area (Å²) in [6.07, 6.45) is 4.80. The Morgan fingerprint density at radius 2 is 1.90 bits per heavy atom. The zero-order valence-electron chi connectivity index (χ0n) is 13.1. The van der Waals surface area contributed by atoms with Crippen LogP contribution in [0.15, 0.2) is 24.5 Å². The fourth-order valence-electron chi connectivity index (χ4n) is 2.30. The summed E-state index contributed by atoms with van der Waals surface area (Å²) in [4.78, 5) is 2.29. The molecule has 0 spiro atoms. The topological polar surface area (TPSA) is 50.4 Å². The van der Waals surface area contributed by atoms with Crippen LogP contribution < -0.4 is 9.47 Å². The van der Waals surface area contributed by atoms with E-state index in [1.54, 1.807) is 14.2 Å². The van der Waals surface area contributed by atoms with E-state index in [2.05, 4.69) is 35.1 Å². The first kappa shape index (κ1) is 15.4. The SMILES string of the molecule is COc1cc(C)c(CN(C)CCc2cn[nH]c2)cc1OC. The molecule has 1 aromatic carbocycles. The van der Waals surface area contributed by atoms with E-state index >= 15 is 0 Å². The molecule has 1 N–H and O–H groups in total. The predicted molar refractivity (Wildman–Crippen MR) is 82.9 cm³/mol. The van der Waals surface area contributed by atoms with E-state index in [4.69, 9.17) is 9.47 Å². The molecule has 0 aliphatic rings. The third-order valence-corrected chi connectivity index (χ3v) is 3.62. The highest BCUT2D eigenvalue weighted by molar-refractivity contribution is 5.47. The molecule has 0 fully saturated rings. The Morgan fingerprint density at radius 1 is 1.19 bits per heavy atom. The van der Waals surface area contributed by atoms with Gasteiger partial charge in [-0.3, -0.25) is 5.10 Å². The van der Waals surface area contributed by atoms with E-state index in [0.717, 1.165) is 31.0 Å². The van der Waals surface area contributed by atoms with Crippen molar-refractivity contribution in [2.24, 2.45) is 0 Å². The first-order valence-electron chi connectivity index (χ1n) is 7.01. The van der Waals surface area contributed by atoms with Gasteiger partial charge >= 0.3 is 0 Å². The molecule has 0 amide bonds. The summed E-state index contributed by atoms with van der Waals surface area (Å²) in [5.41, 5.74) is 3.69. The molecule has 0 radical (unpaired) electrons. The van der Waals surface area contributed by atoms with Crippen LogP contribution in [0.4, 0.5) is 0 Å². The molecular formula is C16H23N3O2. The van der Waals surface area contributed by atoms with E-state index in [1.165, 1.54) is 16.7 Å². The molecule has 0 aliphatic carbocycles. The van der Waals surface area contributed by atoms with Crippen molar-refractivity contribution in [1.29, 1.82) is 0 Å². The fraction of sp³-hybridized carbons (Fsp3) is 0.438. The molecule has 0 bridgehead atoms. The molecule has 1 aromatic heterocycles. The minimum Gasteiger partial charge on any atom is -0.493 e. The van der Waals surface area contributed by atoms with Crippen LogP contribution in [0.5, 0.6) is 11.5 Å². The van der Waals surface area contributed by atoms with E-state index in [9.17, 15) is 0 Å². The van der Waals surface area contributed by atoms with Crippen molar-refractivity contribution in [3.05, 3.63) is 41.2 Å². The highest BCUT2D eigenvalue weighted by Gasteiger charge is 2.10. The lowest BCUT2D eigenvalue weighted by Gasteiger charge is -2.19. The van der Waals surface area contributed by atoms with Crippen LogP contribution in [-0.2, 0) is 13.0 Å². The molecule has 0 aliphatic heterocycles. The van der Waals surface area contributed by atoms with Gasteiger partial charge in [0, 0.05) is 19.3 Å². The number of aromatic amines is 1. The number of likely N-dealkylation sites (N-methyl/N-ethyl adjacent to an activating group) is 1. The van der Waals surface area contributed by atoms with Crippen molar-refractivity contribution < 1.29 is 9.47 Å². The first-order chi connectivity index (χ1) is 10.1. The number of methoxy groups -OCH3 is 2. The average molecular weight is 289 g/mol. The Hall–Kier alpha value is -2.01. The summed E-state index contributed by atoms with van der Waals surface area (Å²) >= 11 is 0. The Morgan fingerprint density at radius 3 is 2.52 bits per heavy atom. The van der Waals surface area contributed by atoms with Crippen LogP contribution in [0.25, 0.3) is 0 Å². The quantitative estimate of drug-likeness (QED) is 0.850. The van der Waals surface area contributed by atoms with Crippen molar-refractivity contribution in [3.63, 3.8) is 0 Å². The Bertz CT molecular complexity index is 567. The largest absolute Gasteiger partial charge is 0.493 e. The molecule has 2 rings (SSSR count). The molecule has 5 heteroatoms. The lowest BCUT2D eigenvalue weighted by Crippen LogP contribution is -2.21. The summed E-state index contributed by atoms with van der Waals surface area (Å²) in [6, 6.07) is 4.08. The second kappa shape index (κ2) is 7.13. The number of hydrogen-bond donors (Lipinski definition) is 1. The second-order valence-electron chi connectivity index (χ2n) is 5.23. The van der Waals surface area contributed by atoms with Gasteiger partial charge in [-0.05, 0) is 49.2 Å². The third-order valence-electron chi connectivity index (χ3n) is 3.62. The van der Waals surface area contributed by atoms with Crippen molar-refractivity contribution in [2.75, 3.05) is 27.8 Å². The Kier molecular flexibility index (Phi) is 5.22. The van der Waals surface area contributed by atoms with Crippen LogP contribution >= 0.6 is 0 Å². The van der Waals surface area contributed by atoms with Crippen LogP contribution in [0.3, 0.4) is 0 Å². The summed E-state index contributed by atoms with van der Waals surface area (Å²) in [5.74, 6) is 1.56. The van der Waals surface area contributed by atoms with Gasteiger partial charge in [0.2, 0.25) is 0 Å². The summed E-state index contributed by atoms with van der Waals surface area (Å²) in [5, 5.41) is 6.81. The molecule has 0 saturated heterocycles. The molecule has 0 unspecified atom stereocenters. The standard InChI is InChI=1S/C16H23N3O2/c1-12-7-15(20-3)16(21-4)8-14(12)11-19(2)6-5-13-9-17-18-10-13/h7-10H,5-6,11H2,1-4H3,(H,17,18). The van der Waals surface area contributed by atoms with Gasteiger partial charge in [0.1, 0.15) is 0 Å². The Labute approximate surface area is 125 Å². The van der Waals surface area contributed by atoms with Crippen molar-refractivity contribution in [2.45, 2.75) is 19.9 Å². The number of hydrogen-bond acceptors (Lipinski definition) is 4. The molecule has 5 nitrogen and oxygen atoms in total. The monoisotopic (exact) mass is 289 g/mol. The number of nitrogens with one attached hydrogen (secondary N) is 1. The van der Waals surface area contributed by atoms with Gasteiger partial charge in [0.25, 0.3) is 0 Å². The second-order valence-corrected chi connectivity index (χ2v) is 5.23. The van der Waals surface area contributed by atoms with Crippen LogP contribution in [0, 0.1) is 6.92 Å². The zero-order chi connectivity index (χ0) is 15.2. The number of aromatic nitrogens is 2. The van der Waals surface area contributed by atoms with Crippen LogP contribution in [0.1, 0.15) is 16.7 Å². The lowest BCUT2D eigenvalue weighted by molar-refractivity contribution is 0.326. The molecule has 21 heavy (non-hydrogen) atoms. The lowest BCUT2D eigenvalue weighted by atomic mass is 10.1. The minimum absolute atomic E-state index is 0.778. The number of benzene rings is 1. The van der Waals surface area contributed by atoms with Gasteiger partial charge in [0.15, 0.2) is 11.5 Å². The number of rotatable bonds is 7. The molecule has 0 atom stereocenters. The van der Waals surface area contributed by atoms with Gasteiger partial charge < -0.3 is 14.4 Å². The van der Waals surface area contributed by atoms with Crippen molar-refractivity contribution in [1.82, 2.24) is 15.1 Å². The predicted octanol–water partition coefficient (Wildman–Crippen LogP) is 2.41. The summed E-state index contributed by atoms with van der Waals surface area (Å²) < 4.78 is 10.7. The van der Waals surface area contributed by atoms with Crippen molar-refractivity contribution in [3.8, 4) is 11.5 Å². The van der Waals surface area contributed by atoms with Crippen LogP contribution in [-0.4, -0.2) is 42.9 Å². The average Bonchev–Trinajstić information content (AvgIpc) is 3.00. The van der Waals surface area contributed by atoms with Gasteiger partial charge in [-0.1, -0.05) is 0 Å². The van der Waals surface area contributed by atoms with Gasteiger partial charge in [-0.15, -0.1) is 0 Å².